The maximum atomic E-state index is 13.6. The lowest BCUT2D eigenvalue weighted by Crippen LogP contribution is -2.71. The lowest BCUT2D eigenvalue weighted by Gasteiger charge is -2.66. The van der Waals surface area contributed by atoms with Crippen molar-refractivity contribution in [2.75, 3.05) is 6.61 Å². The number of imidazole rings is 1. The molecular formula is C33H37N3O9S. The molecule has 2 unspecified atom stereocenters. The molecule has 2 fully saturated rings. The van der Waals surface area contributed by atoms with E-state index >= 15 is 0 Å². The Morgan fingerprint density at radius 2 is 1.91 bits per heavy atom. The van der Waals surface area contributed by atoms with Crippen LogP contribution in [-0.4, -0.2) is 61.2 Å². The molecule has 3 aliphatic rings. The van der Waals surface area contributed by atoms with Crippen LogP contribution in [0.5, 0.6) is 5.75 Å². The Labute approximate surface area is 271 Å². The average Bonchev–Trinajstić information content (AvgIpc) is 3.54. The molecule has 0 amide bonds. The summed E-state index contributed by atoms with van der Waals surface area (Å²) in [4.78, 5) is 46.2. The van der Waals surface area contributed by atoms with Gasteiger partial charge in [-0.3, -0.25) is 19.1 Å². The normalized spacial score (nSPS) is 33.0. The lowest BCUT2D eigenvalue weighted by molar-refractivity contribution is -0.265. The number of ether oxygens (including phenoxy) is 4. The average molecular weight is 652 g/mol. The van der Waals surface area contributed by atoms with E-state index in [1.54, 1.807) is 47.6 Å². The summed E-state index contributed by atoms with van der Waals surface area (Å²) in [5, 5.41) is 12.4. The van der Waals surface area contributed by atoms with Gasteiger partial charge in [0.15, 0.2) is 0 Å². The van der Waals surface area contributed by atoms with E-state index in [4.69, 9.17) is 35.6 Å². The van der Waals surface area contributed by atoms with Crippen molar-refractivity contribution in [3.05, 3.63) is 65.3 Å². The third kappa shape index (κ3) is 5.19. The van der Waals surface area contributed by atoms with Crippen molar-refractivity contribution in [2.45, 2.75) is 77.8 Å². The standard InChI is InChI=1S/C33H37N3O9S/c1-18(37)41-16-32(4)23-14-25(44-30(46)36-12-11-35-17-36)33(5)28(31(23,3)9-8-24(32)42-19(2)38)27(39)26-22(45-33)13-21(43-29(26)40)20-7-6-10-34-15-20/h6-7,10-13,15,17,23-25,27-28,39H,8-9,14,16H2,1-5H3/t23?,24-,25-,27-,28?,31-,32-,33+/m0/s1. The number of rotatable bonds is 5. The van der Waals surface area contributed by atoms with E-state index in [0.717, 1.165) is 0 Å². The summed E-state index contributed by atoms with van der Waals surface area (Å²) >= 11 is 5.68. The molecule has 3 aromatic rings. The van der Waals surface area contributed by atoms with Gasteiger partial charge >= 0.3 is 17.6 Å². The van der Waals surface area contributed by atoms with Crippen LogP contribution < -0.4 is 10.4 Å². The second-order valence-electron chi connectivity index (χ2n) is 13.2. The van der Waals surface area contributed by atoms with Crippen molar-refractivity contribution in [3.63, 3.8) is 0 Å². The van der Waals surface area contributed by atoms with Crippen LogP contribution in [0.25, 0.3) is 11.3 Å². The maximum absolute atomic E-state index is 13.6. The number of thiocarbonyl (C=S) groups is 1. The van der Waals surface area contributed by atoms with E-state index in [9.17, 15) is 19.5 Å². The number of esters is 2. The molecule has 0 radical (unpaired) electrons. The summed E-state index contributed by atoms with van der Waals surface area (Å²) in [5.41, 5.74) is -2.96. The second-order valence-corrected chi connectivity index (χ2v) is 13.5. The van der Waals surface area contributed by atoms with Crippen LogP contribution in [0.2, 0.25) is 0 Å². The molecule has 3 aromatic heterocycles. The van der Waals surface area contributed by atoms with E-state index in [1.807, 2.05) is 20.8 Å². The molecule has 13 heteroatoms. The maximum Gasteiger partial charge on any atom is 0.345 e. The van der Waals surface area contributed by atoms with Gasteiger partial charge in [0, 0.05) is 61.6 Å². The number of carbonyl (C=O) groups excluding carboxylic acids is 2. The minimum Gasteiger partial charge on any atom is -0.482 e. The highest BCUT2D eigenvalue weighted by atomic mass is 32.1. The van der Waals surface area contributed by atoms with Gasteiger partial charge in [0.05, 0.1) is 6.10 Å². The smallest absolute Gasteiger partial charge is 0.345 e. The van der Waals surface area contributed by atoms with Crippen molar-refractivity contribution in [1.29, 1.82) is 0 Å². The molecule has 8 atom stereocenters. The number of aromatic nitrogens is 3. The summed E-state index contributed by atoms with van der Waals surface area (Å²) in [6.45, 7) is 8.48. The van der Waals surface area contributed by atoms with Crippen LogP contribution >= 0.6 is 12.2 Å². The van der Waals surface area contributed by atoms with E-state index in [0.29, 0.717) is 24.8 Å². The number of fused-ring (bicyclic) bond motifs is 4. The topological polar surface area (TPSA) is 152 Å². The highest BCUT2D eigenvalue weighted by molar-refractivity contribution is 7.80. The van der Waals surface area contributed by atoms with Crippen LogP contribution in [0.3, 0.4) is 0 Å². The third-order valence-electron chi connectivity index (χ3n) is 10.4. The number of carbonyl (C=O) groups is 2. The van der Waals surface area contributed by atoms with Gasteiger partial charge in [-0.25, -0.2) is 9.78 Å². The highest BCUT2D eigenvalue weighted by Gasteiger charge is 2.70. The van der Waals surface area contributed by atoms with Crippen molar-refractivity contribution in [1.82, 2.24) is 14.5 Å². The van der Waals surface area contributed by atoms with E-state index in [-0.39, 0.29) is 34.8 Å². The Balaban J connectivity index is 1.50. The van der Waals surface area contributed by atoms with Crippen LogP contribution in [0.15, 0.2) is 58.5 Å². The van der Waals surface area contributed by atoms with E-state index in [2.05, 4.69) is 9.97 Å². The molecule has 1 N–H and O–H groups in total. The first-order valence-corrected chi connectivity index (χ1v) is 15.6. The van der Waals surface area contributed by atoms with Gasteiger partial charge < -0.3 is 28.5 Å². The first kappa shape index (κ1) is 31.9. The minimum absolute atomic E-state index is 0.0109. The Kier molecular flexibility index (Phi) is 8.04. The van der Waals surface area contributed by atoms with Crippen LogP contribution in [0.4, 0.5) is 0 Å². The van der Waals surface area contributed by atoms with Gasteiger partial charge in [-0.15, -0.1) is 0 Å². The minimum atomic E-state index is -1.32. The fourth-order valence-corrected chi connectivity index (χ4v) is 8.61. The SMILES string of the molecule is CC(=O)OC[C@@]1(C)C2C[C@H](OC(=S)n3ccnc3)[C@@]3(C)Oc4cc(-c5cccnc5)oc(=O)c4[C@H](O)C3[C@@]2(C)CC[C@@H]1OC(C)=O. The van der Waals surface area contributed by atoms with Gasteiger partial charge in [-0.05, 0) is 61.9 Å². The van der Waals surface area contributed by atoms with Gasteiger partial charge in [-0.2, -0.15) is 0 Å². The number of aliphatic hydroxyl groups excluding tert-OH is 1. The summed E-state index contributed by atoms with van der Waals surface area (Å²) in [5.74, 6) is -1.57. The molecule has 0 spiro atoms. The summed E-state index contributed by atoms with van der Waals surface area (Å²) in [6, 6.07) is 5.08. The summed E-state index contributed by atoms with van der Waals surface area (Å²) in [6.07, 6.45) is 6.55. The predicted molar refractivity (Wildman–Crippen MR) is 167 cm³/mol. The number of aliphatic hydroxyl groups is 1. The molecule has 2 saturated carbocycles. The summed E-state index contributed by atoms with van der Waals surface area (Å²) < 4.78 is 32.1. The van der Waals surface area contributed by atoms with E-state index in [1.165, 1.54) is 20.2 Å². The molecule has 2 aliphatic carbocycles. The fourth-order valence-electron chi connectivity index (χ4n) is 8.39. The fraction of sp³-hybridized carbons (Fsp3) is 0.515. The molecule has 1 aliphatic heterocycles. The van der Waals surface area contributed by atoms with Crippen molar-refractivity contribution in [2.24, 2.45) is 22.7 Å². The van der Waals surface area contributed by atoms with E-state index < -0.39 is 58.2 Å². The molecule has 244 valence electrons. The molecule has 6 rings (SSSR count). The Hall–Kier alpha value is -4.10. The predicted octanol–water partition coefficient (Wildman–Crippen LogP) is 4.24. The monoisotopic (exact) mass is 651 g/mol. The molecular weight excluding hydrogens is 614 g/mol. The number of hydrogen-bond donors (Lipinski definition) is 1. The zero-order valence-corrected chi connectivity index (χ0v) is 27.1. The Morgan fingerprint density at radius 3 is 2.57 bits per heavy atom. The molecule has 4 heterocycles. The molecule has 46 heavy (non-hydrogen) atoms. The van der Waals surface area contributed by atoms with Crippen LogP contribution in [0, 0.1) is 22.7 Å². The lowest BCUT2D eigenvalue weighted by atomic mass is 9.42. The second kappa shape index (κ2) is 11.6. The Bertz CT molecular complexity index is 1710. The quantitative estimate of drug-likeness (QED) is 0.310. The first-order chi connectivity index (χ1) is 21.8. The number of hydrogen-bond acceptors (Lipinski definition) is 12. The number of nitrogens with zero attached hydrogens (tertiary/aromatic N) is 3. The summed E-state index contributed by atoms with van der Waals surface area (Å²) in [7, 11) is 0. The molecule has 0 aromatic carbocycles. The molecule has 12 nitrogen and oxygen atoms in total. The first-order valence-electron chi connectivity index (χ1n) is 15.2. The van der Waals surface area contributed by atoms with Gasteiger partial charge in [-0.1, -0.05) is 13.8 Å². The van der Waals surface area contributed by atoms with Gasteiger partial charge in [0.2, 0.25) is 0 Å². The van der Waals surface area contributed by atoms with Crippen molar-refractivity contribution in [3.8, 4) is 17.1 Å². The van der Waals surface area contributed by atoms with Crippen molar-refractivity contribution >= 4 is 29.3 Å². The Morgan fingerprint density at radius 1 is 1.13 bits per heavy atom. The largest absolute Gasteiger partial charge is 0.482 e. The number of pyridine rings is 1. The zero-order valence-electron chi connectivity index (χ0n) is 26.3. The zero-order chi connectivity index (χ0) is 33.0. The van der Waals surface area contributed by atoms with Crippen LogP contribution in [0.1, 0.15) is 65.5 Å². The van der Waals surface area contributed by atoms with Crippen molar-refractivity contribution < 1.29 is 38.1 Å². The molecule has 0 bridgehead atoms. The van der Waals surface area contributed by atoms with Gasteiger partial charge in [0.25, 0.3) is 5.17 Å². The van der Waals surface area contributed by atoms with Gasteiger partial charge in [0.1, 0.15) is 47.8 Å². The highest BCUT2D eigenvalue weighted by Crippen LogP contribution is 2.67. The molecule has 0 saturated heterocycles. The van der Waals surface area contributed by atoms with Crippen LogP contribution in [-0.2, 0) is 23.8 Å². The third-order valence-corrected chi connectivity index (χ3v) is 10.7.